The maximum absolute atomic E-state index is 5.92. The predicted octanol–water partition coefficient (Wildman–Crippen LogP) is 2.76. The second-order valence-electron chi connectivity index (χ2n) is 4.86. The fraction of sp³-hybridized carbons (Fsp3) is 1.00. The lowest BCUT2D eigenvalue weighted by Crippen LogP contribution is -2.32. The molecule has 0 atom stereocenters. The smallest absolute Gasteiger partial charge is 0.0602 e. The topological polar surface area (TPSA) is 18.5 Å². The first-order valence-electron chi connectivity index (χ1n) is 5.22. The third kappa shape index (κ3) is 4.10. The molecule has 13 heavy (non-hydrogen) atoms. The Morgan fingerprint density at radius 3 is 1.77 bits per heavy atom. The van der Waals surface area contributed by atoms with Gasteiger partial charge >= 0.3 is 0 Å². The average Bonchev–Trinajstić information content (AvgIpc) is 2.03. The van der Waals surface area contributed by atoms with E-state index in [0.29, 0.717) is 12.2 Å². The van der Waals surface area contributed by atoms with Gasteiger partial charge in [-0.3, -0.25) is 0 Å². The summed E-state index contributed by atoms with van der Waals surface area (Å²) in [6, 6.07) is 0. The van der Waals surface area contributed by atoms with Crippen LogP contribution in [0.4, 0.5) is 0 Å². The van der Waals surface area contributed by atoms with Gasteiger partial charge in [-0.25, -0.2) is 0 Å². The summed E-state index contributed by atoms with van der Waals surface area (Å²) in [4.78, 5) is 0. The Bertz CT molecular complexity index is 141. The van der Waals surface area contributed by atoms with Gasteiger partial charge in [-0.05, 0) is 46.5 Å². The molecule has 0 bridgehead atoms. The Morgan fingerprint density at radius 1 is 0.923 bits per heavy atom. The minimum absolute atomic E-state index is 0.00454. The minimum atomic E-state index is 0.00454. The molecule has 1 aliphatic carbocycles. The zero-order valence-electron chi connectivity index (χ0n) is 9.30. The highest BCUT2D eigenvalue weighted by atomic mass is 16.5. The molecule has 1 rings (SSSR count). The van der Waals surface area contributed by atoms with Crippen molar-refractivity contribution in [2.24, 2.45) is 0 Å². The molecule has 1 saturated carbocycles. The summed E-state index contributed by atoms with van der Waals surface area (Å²) >= 11 is 0. The van der Waals surface area contributed by atoms with Crippen LogP contribution in [0.2, 0.25) is 0 Å². The van der Waals surface area contributed by atoms with Gasteiger partial charge in [-0.15, -0.1) is 0 Å². The first kappa shape index (κ1) is 11.0. The van der Waals surface area contributed by atoms with Crippen LogP contribution in [0.15, 0.2) is 0 Å². The first-order chi connectivity index (χ1) is 6.01. The lowest BCUT2D eigenvalue weighted by Gasteiger charge is -2.32. The van der Waals surface area contributed by atoms with Gasteiger partial charge in [0.25, 0.3) is 0 Å². The standard InChI is InChI=1S/C11H22O2/c1-11(2,3)13-10-7-5-9(12-4)6-8-10/h9-10H,5-8H2,1-4H3. The SMILES string of the molecule is COC1CCC(OC(C)(C)C)CC1. The molecule has 1 fully saturated rings. The highest BCUT2D eigenvalue weighted by Crippen LogP contribution is 2.26. The van der Waals surface area contributed by atoms with Crippen LogP contribution in [0.5, 0.6) is 0 Å². The molecule has 0 aliphatic heterocycles. The summed E-state index contributed by atoms with van der Waals surface area (Å²) < 4.78 is 11.2. The summed E-state index contributed by atoms with van der Waals surface area (Å²) in [5, 5.41) is 0. The molecule has 0 radical (unpaired) electrons. The van der Waals surface area contributed by atoms with Crippen LogP contribution in [0.1, 0.15) is 46.5 Å². The zero-order chi connectivity index (χ0) is 9.90. The molecular formula is C11H22O2. The van der Waals surface area contributed by atoms with E-state index in [-0.39, 0.29) is 5.60 Å². The van der Waals surface area contributed by atoms with E-state index in [1.54, 1.807) is 7.11 Å². The molecule has 0 saturated heterocycles. The molecule has 0 unspecified atom stereocenters. The molecular weight excluding hydrogens is 164 g/mol. The summed E-state index contributed by atoms with van der Waals surface area (Å²) in [5.74, 6) is 0. The number of rotatable bonds is 2. The lowest BCUT2D eigenvalue weighted by atomic mass is 9.94. The van der Waals surface area contributed by atoms with E-state index in [1.807, 2.05) is 0 Å². The van der Waals surface area contributed by atoms with Crippen LogP contribution in [0.3, 0.4) is 0 Å². The number of ether oxygens (including phenoxy) is 2. The molecule has 1 aliphatic rings. The maximum Gasteiger partial charge on any atom is 0.0602 e. The molecule has 0 aromatic carbocycles. The van der Waals surface area contributed by atoms with Crippen molar-refractivity contribution in [3.05, 3.63) is 0 Å². The number of hydrogen-bond donors (Lipinski definition) is 0. The van der Waals surface area contributed by atoms with E-state index < -0.39 is 0 Å². The zero-order valence-corrected chi connectivity index (χ0v) is 9.30. The first-order valence-corrected chi connectivity index (χ1v) is 5.22. The van der Waals surface area contributed by atoms with E-state index >= 15 is 0 Å². The van der Waals surface area contributed by atoms with Crippen LogP contribution in [0.25, 0.3) is 0 Å². The molecule has 0 amide bonds. The Morgan fingerprint density at radius 2 is 1.38 bits per heavy atom. The Labute approximate surface area is 81.6 Å². The Kier molecular flexibility index (Phi) is 3.74. The summed E-state index contributed by atoms with van der Waals surface area (Å²) in [6.07, 6.45) is 5.52. The van der Waals surface area contributed by atoms with Crippen molar-refractivity contribution in [3.8, 4) is 0 Å². The lowest BCUT2D eigenvalue weighted by molar-refractivity contribution is -0.0890. The van der Waals surface area contributed by atoms with Crippen LogP contribution in [0, 0.1) is 0 Å². The van der Waals surface area contributed by atoms with Gasteiger partial charge in [0.1, 0.15) is 0 Å². The van der Waals surface area contributed by atoms with Gasteiger partial charge in [0, 0.05) is 7.11 Å². The van der Waals surface area contributed by atoms with Crippen LogP contribution in [-0.2, 0) is 9.47 Å². The second-order valence-corrected chi connectivity index (χ2v) is 4.86. The van der Waals surface area contributed by atoms with Crippen molar-refractivity contribution in [1.29, 1.82) is 0 Å². The summed E-state index contributed by atoms with van der Waals surface area (Å²) in [6.45, 7) is 6.36. The van der Waals surface area contributed by atoms with Crippen molar-refractivity contribution in [3.63, 3.8) is 0 Å². The molecule has 0 heterocycles. The third-order valence-electron chi connectivity index (χ3n) is 2.47. The van der Waals surface area contributed by atoms with Crippen molar-refractivity contribution < 1.29 is 9.47 Å². The van der Waals surface area contributed by atoms with Gasteiger partial charge < -0.3 is 9.47 Å². The van der Waals surface area contributed by atoms with Crippen molar-refractivity contribution in [1.82, 2.24) is 0 Å². The Balaban J connectivity index is 2.25. The number of hydrogen-bond acceptors (Lipinski definition) is 2. The molecule has 0 aromatic rings. The molecule has 78 valence electrons. The molecule has 2 nitrogen and oxygen atoms in total. The fourth-order valence-corrected chi connectivity index (χ4v) is 1.89. The van der Waals surface area contributed by atoms with Crippen LogP contribution >= 0.6 is 0 Å². The van der Waals surface area contributed by atoms with Gasteiger partial charge in [-0.2, -0.15) is 0 Å². The molecule has 0 aromatic heterocycles. The quantitative estimate of drug-likeness (QED) is 0.660. The van der Waals surface area contributed by atoms with Gasteiger partial charge in [-0.1, -0.05) is 0 Å². The van der Waals surface area contributed by atoms with Crippen LogP contribution in [-0.4, -0.2) is 24.9 Å². The van der Waals surface area contributed by atoms with E-state index in [2.05, 4.69) is 20.8 Å². The highest BCUT2D eigenvalue weighted by Gasteiger charge is 2.24. The largest absolute Gasteiger partial charge is 0.381 e. The van der Waals surface area contributed by atoms with Crippen LogP contribution < -0.4 is 0 Å². The predicted molar refractivity (Wildman–Crippen MR) is 53.9 cm³/mol. The fourth-order valence-electron chi connectivity index (χ4n) is 1.89. The number of methoxy groups -OCH3 is 1. The minimum Gasteiger partial charge on any atom is -0.381 e. The van der Waals surface area contributed by atoms with Gasteiger partial charge in [0.05, 0.1) is 17.8 Å². The summed E-state index contributed by atoms with van der Waals surface area (Å²) in [7, 11) is 1.80. The van der Waals surface area contributed by atoms with E-state index in [9.17, 15) is 0 Å². The molecule has 0 spiro atoms. The highest BCUT2D eigenvalue weighted by molar-refractivity contribution is 4.75. The Hall–Kier alpha value is -0.0800. The van der Waals surface area contributed by atoms with Crippen molar-refractivity contribution >= 4 is 0 Å². The maximum atomic E-state index is 5.92. The monoisotopic (exact) mass is 186 g/mol. The normalized spacial score (nSPS) is 30.5. The molecule has 2 heteroatoms. The second kappa shape index (κ2) is 4.43. The van der Waals surface area contributed by atoms with Crippen molar-refractivity contribution in [2.45, 2.75) is 64.3 Å². The molecule has 0 N–H and O–H groups in total. The van der Waals surface area contributed by atoms with E-state index in [0.717, 1.165) is 25.7 Å². The summed E-state index contributed by atoms with van der Waals surface area (Å²) in [5.41, 5.74) is 0.00454. The van der Waals surface area contributed by atoms with Gasteiger partial charge in [0.15, 0.2) is 0 Å². The van der Waals surface area contributed by atoms with E-state index in [1.165, 1.54) is 0 Å². The van der Waals surface area contributed by atoms with E-state index in [4.69, 9.17) is 9.47 Å². The van der Waals surface area contributed by atoms with Gasteiger partial charge in [0.2, 0.25) is 0 Å². The van der Waals surface area contributed by atoms with Crippen molar-refractivity contribution in [2.75, 3.05) is 7.11 Å². The third-order valence-corrected chi connectivity index (χ3v) is 2.47. The average molecular weight is 186 g/mol.